The van der Waals surface area contributed by atoms with Crippen LogP contribution in [0.1, 0.15) is 84.3 Å². The predicted molar refractivity (Wildman–Crippen MR) is 199 cm³/mol. The fourth-order valence-corrected chi connectivity index (χ4v) is 8.01. The van der Waals surface area contributed by atoms with Crippen LogP contribution in [0.3, 0.4) is 0 Å². The zero-order valence-electron chi connectivity index (χ0n) is 29.4. The Balaban J connectivity index is 0.00000468. The molecule has 3 aromatic rings. The topological polar surface area (TPSA) is 32.5 Å². The number of carbonyl (C=O) groups is 1. The maximum Gasteiger partial charge on any atom is 0.311 e. The van der Waals surface area contributed by atoms with Crippen LogP contribution in [-0.4, -0.2) is 29.3 Å². The summed E-state index contributed by atoms with van der Waals surface area (Å²) in [5.74, 6) is 0.531. The van der Waals surface area contributed by atoms with Crippen LogP contribution < -0.4 is 22.0 Å². The second kappa shape index (κ2) is 15.4. The number of benzene rings is 3. The highest BCUT2D eigenvalue weighted by atomic mass is 35.5. The summed E-state index contributed by atoms with van der Waals surface area (Å²) in [7, 11) is 0. The number of hydrogen-bond donors (Lipinski definition) is 0. The highest BCUT2D eigenvalue weighted by molar-refractivity contribution is 6.30. The summed E-state index contributed by atoms with van der Waals surface area (Å²) in [6.45, 7) is 13.2. The van der Waals surface area contributed by atoms with E-state index in [4.69, 9.17) is 16.3 Å². The zero-order chi connectivity index (χ0) is 33.9. The molecule has 0 fully saturated rings. The Morgan fingerprint density at radius 1 is 0.939 bits per heavy atom. The Hall–Kier alpha value is -3.82. The van der Waals surface area contributed by atoms with Gasteiger partial charge in [0.05, 0.1) is 11.1 Å². The van der Waals surface area contributed by atoms with Crippen LogP contribution in [0.15, 0.2) is 119 Å². The summed E-state index contributed by atoms with van der Waals surface area (Å²) in [5, 5.41) is 0.930. The first-order chi connectivity index (χ1) is 23.1. The minimum atomic E-state index is -0.198. The number of esters is 1. The first-order valence-electron chi connectivity index (χ1n) is 17.5. The van der Waals surface area contributed by atoms with Crippen molar-refractivity contribution < 1.29 is 26.5 Å². The van der Waals surface area contributed by atoms with Crippen molar-refractivity contribution in [2.24, 2.45) is 5.92 Å². The molecule has 1 aliphatic carbocycles. The predicted octanol–water partition coefficient (Wildman–Crippen LogP) is 7.55. The van der Waals surface area contributed by atoms with Gasteiger partial charge in [0, 0.05) is 52.7 Å². The molecule has 1 unspecified atom stereocenters. The molecule has 2 heterocycles. The third kappa shape index (κ3) is 7.38. The summed E-state index contributed by atoms with van der Waals surface area (Å²) >= 11 is 7.20. The fraction of sp³-hybridized carbons (Fsp3) is 0.372. The Bertz CT molecular complexity index is 1840. The van der Waals surface area contributed by atoms with E-state index in [1.54, 1.807) is 0 Å². The Morgan fingerprint density at radius 3 is 2.39 bits per heavy atom. The summed E-state index contributed by atoms with van der Waals surface area (Å²) in [5.41, 5.74) is 12.4. The molecule has 0 saturated carbocycles. The molecule has 256 valence electrons. The van der Waals surface area contributed by atoms with Gasteiger partial charge in [0.2, 0.25) is 5.69 Å². The lowest BCUT2D eigenvalue weighted by Crippen LogP contribution is -3.00. The molecule has 1 atom stereocenters. The molecule has 49 heavy (non-hydrogen) atoms. The maximum atomic E-state index is 12.5. The van der Waals surface area contributed by atoms with Crippen molar-refractivity contribution in [2.45, 2.75) is 84.0 Å². The van der Waals surface area contributed by atoms with E-state index in [1.165, 1.54) is 33.8 Å². The number of rotatable bonds is 10. The van der Waals surface area contributed by atoms with Gasteiger partial charge in [-0.3, -0.25) is 4.79 Å². The van der Waals surface area contributed by atoms with Crippen LogP contribution in [-0.2, 0) is 15.6 Å². The number of anilines is 1. The third-order valence-corrected chi connectivity index (χ3v) is 10.8. The van der Waals surface area contributed by atoms with E-state index in [0.717, 1.165) is 55.9 Å². The van der Waals surface area contributed by atoms with Gasteiger partial charge in [-0.25, -0.2) is 0 Å². The number of unbranched alkanes of at least 4 members (excludes halogenated alkanes) is 1. The molecular weight excluding hydrogens is 647 g/mol. The number of nitrogens with zero attached hydrogens (tertiary/aromatic N) is 2. The first-order valence-corrected chi connectivity index (χ1v) is 17.9. The van der Waals surface area contributed by atoms with E-state index in [2.05, 4.69) is 117 Å². The van der Waals surface area contributed by atoms with Crippen LogP contribution in [0, 0.1) is 5.92 Å². The van der Waals surface area contributed by atoms with Gasteiger partial charge in [0.1, 0.15) is 12.3 Å². The quantitative estimate of drug-likeness (QED) is 0.0723. The number of para-hydroxylation sites is 3. The van der Waals surface area contributed by atoms with Gasteiger partial charge >= 0.3 is 5.97 Å². The lowest BCUT2D eigenvalue weighted by atomic mass is 9.81. The largest absolute Gasteiger partial charge is 1.00 e. The highest BCUT2D eigenvalue weighted by Gasteiger charge is 2.43. The van der Waals surface area contributed by atoms with Crippen molar-refractivity contribution in [3.63, 3.8) is 0 Å². The molecule has 3 aromatic carbocycles. The summed E-state index contributed by atoms with van der Waals surface area (Å²) in [6.07, 6.45) is 11.9. The van der Waals surface area contributed by atoms with Crippen molar-refractivity contribution in [3.05, 3.63) is 130 Å². The maximum absolute atomic E-state index is 12.5. The molecule has 2 aliphatic heterocycles. The van der Waals surface area contributed by atoms with Gasteiger partial charge in [0.15, 0.2) is 5.71 Å². The monoisotopic (exact) mass is 694 g/mol. The third-order valence-electron chi connectivity index (χ3n) is 10.3. The van der Waals surface area contributed by atoms with E-state index in [0.29, 0.717) is 12.2 Å². The standard InChI is InChI=1S/C43H48ClN2O2.ClH/c1-6-45-36-23-12-10-21-34(36)42(2,3)38(45)28-26-31-17-16-18-32(41(31)44)27-29-39-43(4,5)35-22-11-13-24-37(35)46(39)30-15-14-25-40(47)48-33-19-8-7-9-20-33;/h7-13,19-24,26-28,32H,6,14-18,25,30H2,1-5H3;1H/q+1;/p-1/b28-26+;. The van der Waals surface area contributed by atoms with Gasteiger partial charge in [-0.2, -0.15) is 4.58 Å². The molecule has 3 aliphatic rings. The molecule has 6 rings (SSSR count). The molecule has 0 amide bonds. The number of halogens is 2. The van der Waals surface area contributed by atoms with Gasteiger partial charge in [0.25, 0.3) is 0 Å². The molecular formula is C43H48Cl2N2O2. The minimum absolute atomic E-state index is 0. The highest BCUT2D eigenvalue weighted by Crippen LogP contribution is 2.47. The second-order valence-corrected chi connectivity index (χ2v) is 14.6. The molecule has 6 heteroatoms. The number of ether oxygens (including phenoxy) is 1. The van der Waals surface area contributed by atoms with Crippen LogP contribution in [0.2, 0.25) is 0 Å². The molecule has 0 aromatic heterocycles. The smallest absolute Gasteiger partial charge is 0.311 e. The second-order valence-electron chi connectivity index (χ2n) is 14.2. The van der Waals surface area contributed by atoms with Gasteiger partial charge in [-0.1, -0.05) is 72.3 Å². The fourth-order valence-electron chi connectivity index (χ4n) is 7.68. The molecule has 4 nitrogen and oxygen atoms in total. The summed E-state index contributed by atoms with van der Waals surface area (Å²) in [4.78, 5) is 14.9. The van der Waals surface area contributed by atoms with E-state index < -0.39 is 0 Å². The summed E-state index contributed by atoms with van der Waals surface area (Å²) < 4.78 is 7.94. The van der Waals surface area contributed by atoms with Crippen LogP contribution in [0.5, 0.6) is 5.75 Å². The van der Waals surface area contributed by atoms with Crippen LogP contribution in [0.25, 0.3) is 0 Å². The van der Waals surface area contributed by atoms with E-state index >= 15 is 0 Å². The van der Waals surface area contributed by atoms with Crippen LogP contribution in [0.4, 0.5) is 11.4 Å². The van der Waals surface area contributed by atoms with Crippen molar-refractivity contribution in [1.29, 1.82) is 0 Å². The van der Waals surface area contributed by atoms with E-state index in [9.17, 15) is 4.79 Å². The van der Waals surface area contributed by atoms with Gasteiger partial charge in [-0.05, 0) is 102 Å². The number of carbonyl (C=O) groups excluding carboxylic acids is 1. The normalized spacial score (nSPS) is 19.0. The number of fused-ring (bicyclic) bond motifs is 2. The van der Waals surface area contributed by atoms with Gasteiger partial charge < -0.3 is 22.0 Å². The molecule has 0 saturated heterocycles. The SMILES string of the molecule is CC[N+]1=C(/C=C/C2=C(Cl)C(C=C=C3N(CCCCC(=O)Oc4ccccc4)c4ccccc4C3(C)C)CCC2)C(C)(C)c2ccccc21.[Cl-]. The van der Waals surface area contributed by atoms with Crippen LogP contribution >= 0.6 is 11.6 Å². The van der Waals surface area contributed by atoms with E-state index in [1.807, 2.05) is 30.3 Å². The van der Waals surface area contributed by atoms with Crippen molar-refractivity contribution in [1.82, 2.24) is 0 Å². The number of hydrogen-bond acceptors (Lipinski definition) is 3. The first kappa shape index (κ1) is 36.5. The molecule has 0 bridgehead atoms. The van der Waals surface area contributed by atoms with Gasteiger partial charge in [-0.15, -0.1) is 5.73 Å². The molecule has 0 N–H and O–H groups in total. The molecule has 0 radical (unpaired) electrons. The average molecular weight is 696 g/mol. The lowest BCUT2D eigenvalue weighted by Gasteiger charge is -2.26. The van der Waals surface area contributed by atoms with Crippen molar-refractivity contribution >= 4 is 34.7 Å². The Morgan fingerprint density at radius 2 is 1.63 bits per heavy atom. The van der Waals surface area contributed by atoms with Crippen molar-refractivity contribution in [3.8, 4) is 5.75 Å². The lowest BCUT2D eigenvalue weighted by molar-refractivity contribution is -0.433. The van der Waals surface area contributed by atoms with E-state index in [-0.39, 0.29) is 35.1 Å². The average Bonchev–Trinajstić information content (AvgIpc) is 3.44. The minimum Gasteiger partial charge on any atom is -1.00 e. The Labute approximate surface area is 303 Å². The molecule has 0 spiro atoms. The zero-order valence-corrected chi connectivity index (χ0v) is 31.0. The Kier molecular flexibility index (Phi) is 11.4. The number of allylic oxidation sites excluding steroid dienone is 5. The van der Waals surface area contributed by atoms with Crippen molar-refractivity contribution in [2.75, 3.05) is 18.0 Å². The summed E-state index contributed by atoms with van der Waals surface area (Å²) in [6, 6.07) is 26.7.